The second kappa shape index (κ2) is 11.7. The number of carbonyl (C=O) groups excluding carboxylic acids is 3. The minimum Gasteiger partial charge on any atom is -0.480 e. The number of nitrogens with zero attached hydrogens (tertiary/aromatic N) is 1. The zero-order valence-corrected chi connectivity index (χ0v) is 18.0. The number of imide groups is 1. The van der Waals surface area contributed by atoms with E-state index in [0.717, 1.165) is 4.90 Å². The molecule has 3 amide bonds. The van der Waals surface area contributed by atoms with Crippen molar-refractivity contribution in [2.75, 3.05) is 51.5 Å². The van der Waals surface area contributed by atoms with Crippen LogP contribution in [0.4, 0.5) is 5.69 Å². The molecule has 33 heavy (non-hydrogen) atoms. The van der Waals surface area contributed by atoms with Gasteiger partial charge < -0.3 is 29.7 Å². The van der Waals surface area contributed by atoms with Crippen molar-refractivity contribution in [2.45, 2.75) is 25.1 Å². The molecule has 12 nitrogen and oxygen atoms in total. The summed E-state index contributed by atoms with van der Waals surface area (Å²) >= 11 is 0. The van der Waals surface area contributed by atoms with Crippen LogP contribution in [0.5, 0.6) is 0 Å². The van der Waals surface area contributed by atoms with Crippen LogP contribution in [0, 0.1) is 0 Å². The molecule has 1 aromatic carbocycles. The first-order chi connectivity index (χ1) is 15.9. The Morgan fingerprint density at radius 3 is 2.48 bits per heavy atom. The van der Waals surface area contributed by atoms with Gasteiger partial charge in [0.25, 0.3) is 5.91 Å². The number of hydrogen-bond donors (Lipinski definition) is 4. The molecule has 4 N–H and O–H groups in total. The Hall–Kier alpha value is -3.06. The highest BCUT2D eigenvalue weighted by molar-refractivity contribution is 6.08. The smallest absolute Gasteiger partial charge is 0.329 e. The lowest BCUT2D eigenvalue weighted by Gasteiger charge is -2.31. The van der Waals surface area contributed by atoms with Crippen molar-refractivity contribution >= 4 is 29.4 Å². The van der Waals surface area contributed by atoms with Gasteiger partial charge in [0.2, 0.25) is 11.8 Å². The Morgan fingerprint density at radius 2 is 1.79 bits per heavy atom. The number of amides is 3. The molecule has 0 aliphatic carbocycles. The Balaban J connectivity index is 1.43. The first-order valence-electron chi connectivity index (χ1n) is 10.6. The van der Waals surface area contributed by atoms with Gasteiger partial charge in [0, 0.05) is 24.2 Å². The summed E-state index contributed by atoms with van der Waals surface area (Å²) in [6, 6.07) is 4.12. The number of carboxylic acids is 1. The highest BCUT2D eigenvalue weighted by Crippen LogP contribution is 2.38. The number of piperidine rings is 1. The third-order valence-corrected chi connectivity index (χ3v) is 5.16. The summed E-state index contributed by atoms with van der Waals surface area (Å²) in [6.45, 7) is 1.45. The minimum atomic E-state index is -1.27. The average molecular weight is 465 g/mol. The number of ether oxygens (including phenoxy) is 3. The summed E-state index contributed by atoms with van der Waals surface area (Å²) in [7, 11) is 0. The van der Waals surface area contributed by atoms with Gasteiger partial charge in [-0.3, -0.25) is 24.6 Å². The van der Waals surface area contributed by atoms with Crippen LogP contribution in [0.1, 0.15) is 35.0 Å². The minimum absolute atomic E-state index is 0.102. The number of aliphatic hydroxyl groups excluding tert-OH is 1. The maximum Gasteiger partial charge on any atom is 0.329 e. The number of aliphatic hydroxyl groups is 1. The van der Waals surface area contributed by atoms with Crippen molar-refractivity contribution in [3.63, 3.8) is 0 Å². The van der Waals surface area contributed by atoms with Gasteiger partial charge >= 0.3 is 5.97 Å². The molecular weight excluding hydrogens is 438 g/mol. The van der Waals surface area contributed by atoms with E-state index in [0.29, 0.717) is 43.2 Å². The maximum atomic E-state index is 13.0. The van der Waals surface area contributed by atoms with E-state index >= 15 is 0 Å². The maximum absolute atomic E-state index is 13.0. The second-order valence-electron chi connectivity index (χ2n) is 7.42. The van der Waals surface area contributed by atoms with Gasteiger partial charge in [-0.05, 0) is 12.5 Å². The molecular formula is C21H27N3O9. The monoisotopic (exact) mass is 465 g/mol. The van der Waals surface area contributed by atoms with Crippen LogP contribution in [0.25, 0.3) is 0 Å². The Morgan fingerprint density at radius 1 is 1.09 bits per heavy atom. The molecule has 1 aromatic rings. The van der Waals surface area contributed by atoms with Gasteiger partial charge in [-0.25, -0.2) is 4.79 Å². The van der Waals surface area contributed by atoms with Crippen molar-refractivity contribution in [3.8, 4) is 0 Å². The summed E-state index contributed by atoms with van der Waals surface area (Å²) in [5.41, 5.74) is 1.20. The molecule has 2 aliphatic rings. The van der Waals surface area contributed by atoms with Gasteiger partial charge in [0.05, 0.1) is 38.6 Å². The van der Waals surface area contributed by atoms with Crippen LogP contribution in [-0.2, 0) is 28.6 Å². The number of carbonyl (C=O) groups is 4. The van der Waals surface area contributed by atoms with E-state index in [-0.39, 0.29) is 32.7 Å². The van der Waals surface area contributed by atoms with Gasteiger partial charge in [-0.15, -0.1) is 0 Å². The largest absolute Gasteiger partial charge is 0.480 e. The number of hydrogen-bond acceptors (Lipinski definition) is 9. The highest BCUT2D eigenvalue weighted by atomic mass is 16.5. The van der Waals surface area contributed by atoms with E-state index in [1.165, 1.54) is 0 Å². The van der Waals surface area contributed by atoms with Gasteiger partial charge in [-0.1, -0.05) is 12.1 Å². The molecule has 0 radical (unpaired) electrons. The number of fused-ring (bicyclic) bond motifs is 1. The average Bonchev–Trinajstić information content (AvgIpc) is 3.03. The predicted molar refractivity (Wildman–Crippen MR) is 112 cm³/mol. The molecule has 0 bridgehead atoms. The highest BCUT2D eigenvalue weighted by Gasteiger charge is 2.45. The fraction of sp³-hybridized carbons (Fsp3) is 0.524. The van der Waals surface area contributed by atoms with Gasteiger partial charge in [0.15, 0.2) is 6.23 Å². The fourth-order valence-electron chi connectivity index (χ4n) is 3.68. The molecule has 1 fully saturated rings. The molecule has 2 unspecified atom stereocenters. The number of carboxylic acid groups (broad SMARTS) is 1. The van der Waals surface area contributed by atoms with Crippen LogP contribution in [-0.4, -0.2) is 91.0 Å². The molecule has 3 rings (SSSR count). The van der Waals surface area contributed by atoms with E-state index in [4.69, 9.17) is 19.3 Å². The lowest BCUT2D eigenvalue weighted by Crippen LogP contribution is -2.53. The van der Waals surface area contributed by atoms with Crippen molar-refractivity contribution in [1.82, 2.24) is 10.2 Å². The molecule has 0 spiro atoms. The third kappa shape index (κ3) is 6.26. The number of benzene rings is 1. The van der Waals surface area contributed by atoms with Crippen molar-refractivity contribution < 1.29 is 43.6 Å². The molecule has 180 valence electrons. The van der Waals surface area contributed by atoms with Gasteiger partial charge in [-0.2, -0.15) is 0 Å². The van der Waals surface area contributed by atoms with E-state index in [1.54, 1.807) is 18.2 Å². The van der Waals surface area contributed by atoms with Crippen molar-refractivity contribution in [3.05, 3.63) is 29.3 Å². The lowest BCUT2D eigenvalue weighted by molar-refractivity contribution is -0.143. The third-order valence-electron chi connectivity index (χ3n) is 5.16. The van der Waals surface area contributed by atoms with Crippen LogP contribution < -0.4 is 10.6 Å². The molecule has 2 heterocycles. The van der Waals surface area contributed by atoms with Gasteiger partial charge in [0.1, 0.15) is 12.6 Å². The molecule has 0 aromatic heterocycles. The number of nitrogens with one attached hydrogen (secondary N) is 2. The number of aliphatic carboxylic acids is 1. The topological polar surface area (TPSA) is 164 Å². The summed E-state index contributed by atoms with van der Waals surface area (Å²) in [5, 5.41) is 24.4. The van der Waals surface area contributed by atoms with Crippen molar-refractivity contribution in [1.29, 1.82) is 0 Å². The number of anilines is 1. The standard InChI is InChI=1S/C21H27N3O9/c25-16-5-4-15(19(28)23-16)24-20(29)13-2-1-3-14(18(13)21(24)30)22-6-7-31-8-9-32-10-11-33-12-17(26)27/h1-3,15,20,22,29H,4-12H2,(H,26,27)(H,23,25,28). The van der Waals surface area contributed by atoms with Crippen molar-refractivity contribution in [2.24, 2.45) is 0 Å². The Bertz CT molecular complexity index is 892. The zero-order chi connectivity index (χ0) is 23.8. The summed E-state index contributed by atoms with van der Waals surface area (Å²) in [6.07, 6.45) is -1.01. The molecule has 12 heteroatoms. The summed E-state index contributed by atoms with van der Waals surface area (Å²) in [5.74, 6) is -2.50. The van der Waals surface area contributed by atoms with Crippen LogP contribution in [0.3, 0.4) is 0 Å². The fourth-order valence-corrected chi connectivity index (χ4v) is 3.68. The molecule has 2 atom stereocenters. The molecule has 0 saturated carbocycles. The summed E-state index contributed by atoms with van der Waals surface area (Å²) < 4.78 is 15.5. The Labute approximate surface area is 189 Å². The molecule has 1 saturated heterocycles. The predicted octanol–water partition coefficient (Wildman–Crippen LogP) is -0.515. The van der Waals surface area contributed by atoms with Crippen LogP contribution >= 0.6 is 0 Å². The van der Waals surface area contributed by atoms with E-state index < -0.39 is 36.0 Å². The first-order valence-corrected chi connectivity index (χ1v) is 10.6. The SMILES string of the molecule is O=C(O)COCCOCCOCCNc1cccc2c1C(=O)N(C1CCC(=O)NC1=O)C2O. The van der Waals surface area contributed by atoms with Crippen LogP contribution in [0.15, 0.2) is 18.2 Å². The summed E-state index contributed by atoms with van der Waals surface area (Å²) in [4.78, 5) is 48.1. The van der Waals surface area contributed by atoms with Crippen LogP contribution in [0.2, 0.25) is 0 Å². The normalized spacial score (nSPS) is 20.0. The number of rotatable bonds is 13. The van der Waals surface area contributed by atoms with E-state index in [1.807, 2.05) is 0 Å². The quantitative estimate of drug-likeness (QED) is 0.220. The van der Waals surface area contributed by atoms with E-state index in [2.05, 4.69) is 10.6 Å². The lowest BCUT2D eigenvalue weighted by atomic mass is 10.0. The van der Waals surface area contributed by atoms with E-state index in [9.17, 15) is 24.3 Å². The zero-order valence-electron chi connectivity index (χ0n) is 18.0. The second-order valence-corrected chi connectivity index (χ2v) is 7.42. The molecule has 2 aliphatic heterocycles. The first kappa shape index (κ1) is 24.6. The Kier molecular flexibility index (Phi) is 8.72.